The molecule has 115 valence electrons. The van der Waals surface area contributed by atoms with Crippen molar-refractivity contribution >= 4 is 21.7 Å². The van der Waals surface area contributed by atoms with Gasteiger partial charge in [0, 0.05) is 0 Å². The molecule has 2 rings (SSSR count). The van der Waals surface area contributed by atoms with Gasteiger partial charge in [0.25, 0.3) is 10.0 Å². The maximum Gasteiger partial charge on any atom is 0.340 e. The van der Waals surface area contributed by atoms with Crippen molar-refractivity contribution in [1.29, 1.82) is 0 Å². The highest BCUT2D eigenvalue weighted by atomic mass is 32.2. The number of rotatable bonds is 4. The van der Waals surface area contributed by atoms with Crippen LogP contribution in [-0.4, -0.2) is 21.5 Å². The average molecular weight is 322 g/mol. The summed E-state index contributed by atoms with van der Waals surface area (Å²) in [6.07, 6.45) is 0. The molecule has 0 fully saturated rings. The molecule has 1 N–H and O–H groups in total. The summed E-state index contributed by atoms with van der Waals surface area (Å²) in [6.45, 7) is 1.63. The van der Waals surface area contributed by atoms with Crippen molar-refractivity contribution in [2.75, 3.05) is 11.8 Å². The zero-order valence-corrected chi connectivity index (χ0v) is 12.7. The number of nitrogens with one attached hydrogen (secondary N) is 1. The monoisotopic (exact) mass is 322 g/mol. The van der Waals surface area contributed by atoms with Gasteiger partial charge in [-0.2, -0.15) is 0 Å². The minimum Gasteiger partial charge on any atom is -0.465 e. The van der Waals surface area contributed by atoms with E-state index in [1.165, 1.54) is 24.3 Å². The Morgan fingerprint density at radius 2 is 2.05 bits per heavy atom. The molecule has 2 aromatic carbocycles. The lowest BCUT2D eigenvalue weighted by molar-refractivity contribution is 0.0595. The minimum absolute atomic E-state index is 0.0115. The van der Waals surface area contributed by atoms with Crippen molar-refractivity contribution in [3.8, 4) is 0 Å². The Morgan fingerprint density at radius 1 is 1.32 bits per heavy atom. The van der Waals surface area contributed by atoms with Gasteiger partial charge >= 0.3 is 5.97 Å². The van der Waals surface area contributed by atoms with Gasteiger partial charge in [-0.05, 0) is 42.8 Å². The van der Waals surface area contributed by atoms with Gasteiger partial charge in [0.2, 0.25) is 0 Å². The Balaban J connectivity index is 2.33. The maximum atomic E-state index is 13.8. The number of halogens is 1. The van der Waals surface area contributed by atoms with Crippen molar-refractivity contribution in [2.45, 2.75) is 11.8 Å². The zero-order chi connectivity index (χ0) is 16.3. The standard InChI is InChI=1S/C15H13FNO4S/c1-10-5-3-4-6-14(10)22(19,20)17-11-7-8-12(13(16)9-11)15(18)21-2/h4-9,17H,1-2H3. The van der Waals surface area contributed by atoms with E-state index in [9.17, 15) is 17.6 Å². The third-order valence-electron chi connectivity index (χ3n) is 2.94. The SMILES string of the molecule is COC(=O)c1ccc(NS(=O)(=O)c2cc[c]cc2C)cc1F. The summed E-state index contributed by atoms with van der Waals surface area (Å²) in [5.74, 6) is -1.70. The molecule has 1 radical (unpaired) electrons. The van der Waals surface area contributed by atoms with E-state index < -0.39 is 21.8 Å². The number of carbonyl (C=O) groups is 1. The first-order chi connectivity index (χ1) is 10.3. The van der Waals surface area contributed by atoms with Crippen LogP contribution in [0.25, 0.3) is 0 Å². The second-order valence-corrected chi connectivity index (χ2v) is 6.13. The van der Waals surface area contributed by atoms with Gasteiger partial charge in [-0.1, -0.05) is 12.1 Å². The molecule has 5 nitrogen and oxygen atoms in total. The van der Waals surface area contributed by atoms with Crippen molar-refractivity contribution < 1.29 is 22.3 Å². The number of methoxy groups -OCH3 is 1. The first kappa shape index (κ1) is 16.0. The maximum absolute atomic E-state index is 13.8. The Labute approximate surface area is 127 Å². The number of carbonyl (C=O) groups excluding carboxylic acids is 1. The molecule has 2 aromatic rings. The Bertz CT molecular complexity index is 818. The van der Waals surface area contributed by atoms with Gasteiger partial charge in [0.05, 0.1) is 23.3 Å². The molecule has 0 atom stereocenters. The highest BCUT2D eigenvalue weighted by molar-refractivity contribution is 7.92. The summed E-state index contributed by atoms with van der Waals surface area (Å²) in [5.41, 5.74) is 0.259. The highest BCUT2D eigenvalue weighted by Crippen LogP contribution is 2.21. The average Bonchev–Trinajstić information content (AvgIpc) is 2.46. The van der Waals surface area contributed by atoms with E-state index in [1.54, 1.807) is 6.92 Å². The number of hydrogen-bond donors (Lipinski definition) is 1. The Morgan fingerprint density at radius 3 is 2.64 bits per heavy atom. The van der Waals surface area contributed by atoms with Crippen LogP contribution in [0.3, 0.4) is 0 Å². The number of hydrogen-bond acceptors (Lipinski definition) is 4. The second kappa shape index (κ2) is 6.15. The number of sulfonamides is 1. The Kier molecular flexibility index (Phi) is 4.46. The van der Waals surface area contributed by atoms with Gasteiger partial charge < -0.3 is 4.74 Å². The van der Waals surface area contributed by atoms with E-state index in [4.69, 9.17) is 0 Å². The number of anilines is 1. The lowest BCUT2D eigenvalue weighted by atomic mass is 10.2. The molecule has 0 aliphatic rings. The third kappa shape index (κ3) is 3.25. The summed E-state index contributed by atoms with van der Waals surface area (Å²) in [5, 5.41) is 0. The fourth-order valence-electron chi connectivity index (χ4n) is 1.87. The van der Waals surface area contributed by atoms with Crippen molar-refractivity contribution in [2.24, 2.45) is 0 Å². The summed E-state index contributed by atoms with van der Waals surface area (Å²) in [6, 6.07) is 10.6. The molecule has 0 saturated heterocycles. The second-order valence-electron chi connectivity index (χ2n) is 4.48. The van der Waals surface area contributed by atoms with Crippen LogP contribution in [0.1, 0.15) is 15.9 Å². The van der Waals surface area contributed by atoms with E-state index in [2.05, 4.69) is 15.5 Å². The molecule has 0 aliphatic carbocycles. The van der Waals surface area contributed by atoms with Gasteiger partial charge in [0.1, 0.15) is 5.82 Å². The molecule has 0 aromatic heterocycles. The number of aryl methyl sites for hydroxylation is 1. The lowest BCUT2D eigenvalue weighted by Crippen LogP contribution is -2.15. The molecule has 0 unspecified atom stereocenters. The van der Waals surface area contributed by atoms with Crippen molar-refractivity contribution in [1.82, 2.24) is 0 Å². The van der Waals surface area contributed by atoms with E-state index in [0.717, 1.165) is 19.2 Å². The van der Waals surface area contributed by atoms with Crippen LogP contribution < -0.4 is 4.72 Å². The van der Waals surface area contributed by atoms with Gasteiger partial charge in [-0.3, -0.25) is 4.72 Å². The van der Waals surface area contributed by atoms with Crippen LogP contribution >= 0.6 is 0 Å². The van der Waals surface area contributed by atoms with Crippen LogP contribution in [-0.2, 0) is 14.8 Å². The predicted molar refractivity (Wildman–Crippen MR) is 78.6 cm³/mol. The fourth-order valence-corrected chi connectivity index (χ4v) is 3.14. The minimum atomic E-state index is -3.85. The number of esters is 1. The zero-order valence-electron chi connectivity index (χ0n) is 11.9. The van der Waals surface area contributed by atoms with Gasteiger partial charge in [-0.15, -0.1) is 0 Å². The molecule has 22 heavy (non-hydrogen) atoms. The third-order valence-corrected chi connectivity index (χ3v) is 4.48. The van der Waals surface area contributed by atoms with Gasteiger partial charge in [-0.25, -0.2) is 17.6 Å². The van der Waals surface area contributed by atoms with Crippen LogP contribution in [0.5, 0.6) is 0 Å². The molecule has 0 bridgehead atoms. The van der Waals surface area contributed by atoms with Crippen LogP contribution in [0, 0.1) is 18.8 Å². The van der Waals surface area contributed by atoms with E-state index >= 15 is 0 Å². The van der Waals surface area contributed by atoms with Gasteiger partial charge in [0.15, 0.2) is 0 Å². The van der Waals surface area contributed by atoms with E-state index in [0.29, 0.717) is 5.56 Å². The number of benzene rings is 2. The summed E-state index contributed by atoms with van der Waals surface area (Å²) < 4.78 is 45.0. The molecular formula is C15H13FNO4S. The molecule has 0 amide bonds. The first-order valence-corrected chi connectivity index (χ1v) is 7.71. The molecular weight excluding hydrogens is 309 g/mol. The lowest BCUT2D eigenvalue weighted by Gasteiger charge is -2.11. The fraction of sp³-hybridized carbons (Fsp3) is 0.133. The molecule has 0 heterocycles. The largest absolute Gasteiger partial charge is 0.465 e. The van der Waals surface area contributed by atoms with E-state index in [1.807, 2.05) is 0 Å². The molecule has 0 aliphatic heterocycles. The highest BCUT2D eigenvalue weighted by Gasteiger charge is 2.18. The van der Waals surface area contributed by atoms with E-state index in [-0.39, 0.29) is 16.1 Å². The topological polar surface area (TPSA) is 72.5 Å². The summed E-state index contributed by atoms with van der Waals surface area (Å²) in [7, 11) is -2.72. The summed E-state index contributed by atoms with van der Waals surface area (Å²) >= 11 is 0. The predicted octanol–water partition coefficient (Wildman–Crippen LogP) is 2.52. The molecule has 0 spiro atoms. The molecule has 7 heteroatoms. The van der Waals surface area contributed by atoms with Crippen LogP contribution in [0.2, 0.25) is 0 Å². The summed E-state index contributed by atoms with van der Waals surface area (Å²) in [4.78, 5) is 11.4. The Hall–Kier alpha value is -2.41. The van der Waals surface area contributed by atoms with Crippen LogP contribution in [0.15, 0.2) is 41.3 Å². The van der Waals surface area contributed by atoms with Crippen molar-refractivity contribution in [3.63, 3.8) is 0 Å². The quantitative estimate of drug-likeness (QED) is 0.878. The normalized spacial score (nSPS) is 11.0. The van der Waals surface area contributed by atoms with Crippen LogP contribution in [0.4, 0.5) is 10.1 Å². The molecule has 0 saturated carbocycles. The first-order valence-electron chi connectivity index (χ1n) is 6.22. The van der Waals surface area contributed by atoms with Crippen molar-refractivity contribution in [3.05, 3.63) is 59.4 Å². The smallest absolute Gasteiger partial charge is 0.340 e. The number of ether oxygens (including phenoxy) is 1.